The fraction of sp³-hybridized carbons (Fsp3) is 1.00. The Morgan fingerprint density at radius 1 is 0.781 bits per heavy atom. The minimum absolute atomic E-state index is 0.104. The third-order valence-corrected chi connectivity index (χ3v) is 9.71. The Kier molecular flexibility index (Phi) is 15.6. The van der Waals surface area contributed by atoms with Crippen LogP contribution in [-0.4, -0.2) is 61.6 Å². The van der Waals surface area contributed by atoms with E-state index < -0.39 is 7.67 Å². The molecule has 1 aliphatic rings. The summed E-state index contributed by atoms with van der Waals surface area (Å²) >= 11 is 0. The Labute approximate surface area is 199 Å². The molecule has 0 amide bonds. The van der Waals surface area contributed by atoms with Gasteiger partial charge in [0.2, 0.25) is 0 Å². The highest BCUT2D eigenvalue weighted by molar-refractivity contribution is 7.53. The van der Waals surface area contributed by atoms with E-state index in [2.05, 4.69) is 13.8 Å². The quantitative estimate of drug-likeness (QED) is 0.146. The molecule has 0 spiro atoms. The molecule has 0 aliphatic carbocycles. The highest BCUT2D eigenvalue weighted by Gasteiger charge is 2.42. The largest absolute Gasteiger partial charge is 0.352 e. The Hall–Kier alpha value is 0.0300. The third kappa shape index (κ3) is 9.35. The summed E-state index contributed by atoms with van der Waals surface area (Å²) in [7, 11) is -3.07. The number of hydrogen-bond donors (Lipinski definition) is 0. The zero-order valence-corrected chi connectivity index (χ0v) is 23.0. The van der Waals surface area contributed by atoms with E-state index >= 15 is 0 Å². The van der Waals surface area contributed by atoms with Crippen molar-refractivity contribution >= 4 is 7.67 Å². The standard InChI is InChI=1S/C25H53N2O4P/c1-7-13-14-15-16-17-18-19-24-29-21-25(20-8-2,22-30-24)23-31-32(28,26(9-3)10-4)27(11-5)12-6/h24H,7-23H2,1-6H3. The summed E-state index contributed by atoms with van der Waals surface area (Å²) in [4.78, 5) is 0. The zero-order chi connectivity index (χ0) is 23.9. The maximum Gasteiger partial charge on any atom is 0.346 e. The van der Waals surface area contributed by atoms with Gasteiger partial charge in [-0.2, -0.15) is 0 Å². The fourth-order valence-electron chi connectivity index (χ4n) is 4.62. The van der Waals surface area contributed by atoms with E-state index in [9.17, 15) is 4.57 Å². The minimum Gasteiger partial charge on any atom is -0.352 e. The van der Waals surface area contributed by atoms with Crippen LogP contribution < -0.4 is 0 Å². The van der Waals surface area contributed by atoms with E-state index in [4.69, 9.17) is 14.0 Å². The highest BCUT2D eigenvalue weighted by atomic mass is 31.2. The number of hydrogen-bond acceptors (Lipinski definition) is 4. The first-order valence-electron chi connectivity index (χ1n) is 13.4. The van der Waals surface area contributed by atoms with Crippen molar-refractivity contribution in [1.82, 2.24) is 9.34 Å². The van der Waals surface area contributed by atoms with E-state index in [1.54, 1.807) is 0 Å². The Morgan fingerprint density at radius 3 is 1.75 bits per heavy atom. The molecule has 0 saturated carbocycles. The molecule has 192 valence electrons. The first-order valence-corrected chi connectivity index (χ1v) is 15.0. The first-order chi connectivity index (χ1) is 15.4. The lowest BCUT2D eigenvalue weighted by Gasteiger charge is -2.43. The Morgan fingerprint density at radius 2 is 1.28 bits per heavy atom. The molecule has 32 heavy (non-hydrogen) atoms. The Bertz CT molecular complexity index is 488. The van der Waals surface area contributed by atoms with Gasteiger partial charge >= 0.3 is 7.67 Å². The van der Waals surface area contributed by atoms with E-state index in [1.807, 2.05) is 37.0 Å². The number of unbranched alkanes of at least 4 members (excludes halogenated alkanes) is 6. The van der Waals surface area contributed by atoms with Crippen LogP contribution in [0.15, 0.2) is 0 Å². The van der Waals surface area contributed by atoms with Crippen LogP contribution in [0.1, 0.15) is 106 Å². The molecule has 0 aromatic heterocycles. The molecule has 1 fully saturated rings. The van der Waals surface area contributed by atoms with Gasteiger partial charge in [0.1, 0.15) is 0 Å². The van der Waals surface area contributed by atoms with Gasteiger partial charge in [-0.1, -0.05) is 86.5 Å². The summed E-state index contributed by atoms with van der Waals surface area (Å²) in [6.45, 7) is 17.1. The van der Waals surface area contributed by atoms with Gasteiger partial charge in [0.05, 0.1) is 19.8 Å². The molecule has 0 aromatic carbocycles. The lowest BCUT2D eigenvalue weighted by molar-refractivity contribution is -0.239. The van der Waals surface area contributed by atoms with E-state index in [1.165, 1.54) is 38.5 Å². The average molecular weight is 477 g/mol. The maximum absolute atomic E-state index is 14.0. The summed E-state index contributed by atoms with van der Waals surface area (Å²) in [6, 6.07) is 0. The monoisotopic (exact) mass is 476 g/mol. The van der Waals surface area contributed by atoms with Crippen LogP contribution in [0.25, 0.3) is 0 Å². The molecule has 0 bridgehead atoms. The summed E-state index contributed by atoms with van der Waals surface area (Å²) in [5.74, 6) is 0. The number of ether oxygens (including phenoxy) is 2. The van der Waals surface area contributed by atoms with Crippen LogP contribution in [0.5, 0.6) is 0 Å². The molecule has 6 nitrogen and oxygen atoms in total. The summed E-state index contributed by atoms with van der Waals surface area (Å²) in [5.41, 5.74) is -0.221. The van der Waals surface area contributed by atoms with Crippen LogP contribution in [0.3, 0.4) is 0 Å². The second-order valence-electron chi connectivity index (χ2n) is 9.25. The molecule has 7 heteroatoms. The van der Waals surface area contributed by atoms with Gasteiger partial charge in [-0.15, -0.1) is 0 Å². The van der Waals surface area contributed by atoms with E-state index in [0.29, 0.717) is 46.0 Å². The van der Waals surface area contributed by atoms with E-state index in [-0.39, 0.29) is 11.7 Å². The molecule has 0 aromatic rings. The van der Waals surface area contributed by atoms with Gasteiger partial charge < -0.3 is 14.0 Å². The van der Waals surface area contributed by atoms with Crippen molar-refractivity contribution in [2.24, 2.45) is 5.41 Å². The lowest BCUT2D eigenvalue weighted by Crippen LogP contribution is -2.45. The zero-order valence-electron chi connectivity index (χ0n) is 22.1. The van der Waals surface area contributed by atoms with Gasteiger partial charge in [0, 0.05) is 31.6 Å². The van der Waals surface area contributed by atoms with Gasteiger partial charge in [0.15, 0.2) is 6.29 Å². The van der Waals surface area contributed by atoms with Crippen molar-refractivity contribution in [2.45, 2.75) is 112 Å². The molecule has 1 saturated heterocycles. The van der Waals surface area contributed by atoms with Gasteiger partial charge in [0.25, 0.3) is 0 Å². The van der Waals surface area contributed by atoms with Crippen molar-refractivity contribution in [3.05, 3.63) is 0 Å². The Balaban J connectivity index is 2.62. The van der Waals surface area contributed by atoms with Gasteiger partial charge in [-0.25, -0.2) is 9.34 Å². The SMILES string of the molecule is CCCCCCCCCC1OCC(CCC)(COP(=O)(N(CC)CC)N(CC)CC)CO1. The number of nitrogens with zero attached hydrogens (tertiary/aromatic N) is 2. The van der Waals surface area contributed by atoms with Gasteiger partial charge in [-0.05, 0) is 19.3 Å². The van der Waals surface area contributed by atoms with Crippen LogP contribution in [0, 0.1) is 5.41 Å². The van der Waals surface area contributed by atoms with Crippen molar-refractivity contribution in [3.63, 3.8) is 0 Å². The maximum atomic E-state index is 14.0. The molecule has 0 N–H and O–H groups in total. The van der Waals surface area contributed by atoms with E-state index in [0.717, 1.165) is 25.7 Å². The summed E-state index contributed by atoms with van der Waals surface area (Å²) in [5, 5.41) is 0. The minimum atomic E-state index is -3.07. The normalized spacial score (nSPS) is 22.2. The van der Waals surface area contributed by atoms with Crippen LogP contribution >= 0.6 is 7.67 Å². The molecule has 0 unspecified atom stereocenters. The second-order valence-corrected chi connectivity index (χ2v) is 11.6. The van der Waals surface area contributed by atoms with Gasteiger partial charge in [-0.3, -0.25) is 4.57 Å². The smallest absolute Gasteiger partial charge is 0.346 e. The molecule has 1 heterocycles. The summed E-state index contributed by atoms with van der Waals surface area (Å²) < 4.78 is 36.6. The van der Waals surface area contributed by atoms with Crippen molar-refractivity contribution in [2.75, 3.05) is 46.0 Å². The predicted octanol–water partition coefficient (Wildman–Crippen LogP) is 7.09. The lowest BCUT2D eigenvalue weighted by atomic mass is 9.85. The summed E-state index contributed by atoms with van der Waals surface area (Å²) in [6.07, 6.45) is 11.9. The van der Waals surface area contributed by atoms with Crippen molar-refractivity contribution in [3.8, 4) is 0 Å². The molecule has 1 aliphatic heterocycles. The fourth-order valence-corrected chi connectivity index (χ4v) is 7.18. The van der Waals surface area contributed by atoms with Crippen LogP contribution in [-0.2, 0) is 18.6 Å². The second kappa shape index (κ2) is 16.6. The predicted molar refractivity (Wildman–Crippen MR) is 135 cm³/mol. The highest BCUT2D eigenvalue weighted by Crippen LogP contribution is 2.55. The molecule has 0 radical (unpaired) electrons. The van der Waals surface area contributed by atoms with Crippen molar-refractivity contribution in [1.29, 1.82) is 0 Å². The topological polar surface area (TPSA) is 51.2 Å². The van der Waals surface area contributed by atoms with Crippen LogP contribution in [0.2, 0.25) is 0 Å². The molecule has 1 rings (SSSR count). The molecular weight excluding hydrogens is 423 g/mol. The number of rotatable bonds is 19. The first kappa shape index (κ1) is 30.1. The molecule has 0 atom stereocenters. The average Bonchev–Trinajstić information content (AvgIpc) is 2.80. The van der Waals surface area contributed by atoms with Crippen molar-refractivity contribution < 1.29 is 18.6 Å². The molecular formula is C25H53N2O4P. The van der Waals surface area contributed by atoms with Crippen LogP contribution in [0.4, 0.5) is 0 Å². The third-order valence-electron chi connectivity index (χ3n) is 6.69.